The predicted octanol–water partition coefficient (Wildman–Crippen LogP) is 3.98. The van der Waals surface area contributed by atoms with E-state index in [2.05, 4.69) is 33.8 Å². The van der Waals surface area contributed by atoms with Gasteiger partial charge in [0.2, 0.25) is 0 Å². The van der Waals surface area contributed by atoms with Crippen molar-refractivity contribution in [3.8, 4) is 0 Å². The molecule has 0 bridgehead atoms. The summed E-state index contributed by atoms with van der Waals surface area (Å²) in [4.78, 5) is 11.7. The zero-order valence-corrected chi connectivity index (χ0v) is 11.0. The molecule has 0 heterocycles. The highest BCUT2D eigenvalue weighted by atomic mass is 16.1. The van der Waals surface area contributed by atoms with Gasteiger partial charge < -0.3 is 0 Å². The van der Waals surface area contributed by atoms with E-state index in [4.69, 9.17) is 0 Å². The number of carbonyl (C=O) groups excluding carboxylic acids is 1. The summed E-state index contributed by atoms with van der Waals surface area (Å²) < 4.78 is 0. The van der Waals surface area contributed by atoms with Gasteiger partial charge in [-0.1, -0.05) is 33.8 Å². The lowest BCUT2D eigenvalue weighted by Gasteiger charge is -2.53. The molecule has 0 aromatic rings. The van der Waals surface area contributed by atoms with E-state index >= 15 is 0 Å². The van der Waals surface area contributed by atoms with Crippen LogP contribution in [0, 0.1) is 22.7 Å². The van der Waals surface area contributed by atoms with Crippen LogP contribution in [0.4, 0.5) is 0 Å². The molecule has 0 unspecified atom stereocenters. The summed E-state index contributed by atoms with van der Waals surface area (Å²) in [5.41, 5.74) is 0.457. The molecule has 0 aromatic heterocycles. The minimum absolute atomic E-state index is 0.200. The summed E-state index contributed by atoms with van der Waals surface area (Å²) in [5, 5.41) is 0. The number of hydrogen-bond acceptors (Lipinski definition) is 1. The second kappa shape index (κ2) is 3.72. The van der Waals surface area contributed by atoms with Crippen LogP contribution in [0.15, 0.2) is 12.2 Å². The van der Waals surface area contributed by atoms with Crippen molar-refractivity contribution < 1.29 is 4.79 Å². The number of rotatable bonds is 1. The summed E-state index contributed by atoms with van der Waals surface area (Å²) in [5.74, 6) is 1.88. The van der Waals surface area contributed by atoms with Gasteiger partial charge in [0, 0.05) is 6.42 Å². The van der Waals surface area contributed by atoms with Gasteiger partial charge in [0.15, 0.2) is 5.78 Å². The normalized spacial score (nSPS) is 43.6. The van der Waals surface area contributed by atoms with Gasteiger partial charge in [-0.3, -0.25) is 4.79 Å². The van der Waals surface area contributed by atoms with Crippen molar-refractivity contribution in [1.82, 2.24) is 0 Å². The molecular formula is C15H24O. The Labute approximate surface area is 99.3 Å². The first kappa shape index (κ1) is 11.9. The van der Waals surface area contributed by atoms with Crippen molar-refractivity contribution in [2.24, 2.45) is 22.7 Å². The first-order valence-corrected chi connectivity index (χ1v) is 6.58. The molecule has 1 saturated carbocycles. The summed E-state index contributed by atoms with van der Waals surface area (Å²) in [7, 11) is 0. The van der Waals surface area contributed by atoms with Crippen molar-refractivity contribution in [2.75, 3.05) is 0 Å². The maximum atomic E-state index is 11.7. The Hall–Kier alpha value is -0.590. The van der Waals surface area contributed by atoms with Gasteiger partial charge in [-0.15, -0.1) is 0 Å². The number of ketones is 1. The lowest BCUT2D eigenvalue weighted by atomic mass is 9.51. The second-order valence-corrected chi connectivity index (χ2v) is 6.70. The Morgan fingerprint density at radius 1 is 1.38 bits per heavy atom. The molecule has 1 heteroatoms. The van der Waals surface area contributed by atoms with Crippen molar-refractivity contribution >= 4 is 5.78 Å². The van der Waals surface area contributed by atoms with E-state index in [1.807, 2.05) is 6.08 Å². The third kappa shape index (κ3) is 1.74. The Bertz CT molecular complexity index is 328. The standard InChI is InChI=1S/C15H24O/c1-11(2)12-5-7-14(3)8-6-13(16)10-15(14,4)9-12/h6,8,11-12H,5,7,9-10H2,1-4H3/t12-,14-,15+/m0/s1. The monoisotopic (exact) mass is 220 g/mol. The molecule has 1 nitrogen and oxygen atoms in total. The van der Waals surface area contributed by atoms with Gasteiger partial charge in [-0.25, -0.2) is 0 Å². The van der Waals surface area contributed by atoms with Gasteiger partial charge >= 0.3 is 0 Å². The maximum absolute atomic E-state index is 11.7. The van der Waals surface area contributed by atoms with Gasteiger partial charge in [0.1, 0.15) is 0 Å². The Morgan fingerprint density at radius 2 is 2.06 bits per heavy atom. The lowest BCUT2D eigenvalue weighted by molar-refractivity contribution is -0.121. The highest BCUT2D eigenvalue weighted by molar-refractivity contribution is 5.91. The van der Waals surface area contributed by atoms with Crippen molar-refractivity contribution in [3.05, 3.63) is 12.2 Å². The largest absolute Gasteiger partial charge is 0.295 e. The van der Waals surface area contributed by atoms with Crippen LogP contribution in [-0.2, 0) is 4.79 Å². The van der Waals surface area contributed by atoms with Crippen LogP contribution in [0.1, 0.15) is 53.4 Å². The maximum Gasteiger partial charge on any atom is 0.155 e. The lowest BCUT2D eigenvalue weighted by Crippen LogP contribution is -2.46. The number of allylic oxidation sites excluding steroid dienone is 2. The molecule has 0 radical (unpaired) electrons. The quantitative estimate of drug-likeness (QED) is 0.653. The highest BCUT2D eigenvalue weighted by Gasteiger charge is 2.50. The molecule has 90 valence electrons. The Morgan fingerprint density at radius 3 is 2.69 bits per heavy atom. The van der Waals surface area contributed by atoms with E-state index in [1.54, 1.807) is 0 Å². The molecule has 0 N–H and O–H groups in total. The Kier molecular flexibility index (Phi) is 2.76. The zero-order chi connectivity index (χ0) is 12.0. The summed E-state index contributed by atoms with van der Waals surface area (Å²) in [6.45, 7) is 9.30. The fraction of sp³-hybridized carbons (Fsp3) is 0.800. The fourth-order valence-corrected chi connectivity index (χ4v) is 3.55. The van der Waals surface area contributed by atoms with E-state index in [-0.39, 0.29) is 10.8 Å². The molecular weight excluding hydrogens is 196 g/mol. The van der Waals surface area contributed by atoms with E-state index < -0.39 is 0 Å². The average molecular weight is 220 g/mol. The van der Waals surface area contributed by atoms with Crippen molar-refractivity contribution in [3.63, 3.8) is 0 Å². The fourth-order valence-electron chi connectivity index (χ4n) is 3.55. The van der Waals surface area contributed by atoms with E-state index in [0.29, 0.717) is 5.78 Å². The number of carbonyl (C=O) groups is 1. The van der Waals surface area contributed by atoms with Crippen LogP contribution in [0.2, 0.25) is 0 Å². The predicted molar refractivity (Wildman–Crippen MR) is 67.2 cm³/mol. The summed E-state index contributed by atoms with van der Waals surface area (Å²) in [6, 6.07) is 0. The van der Waals surface area contributed by atoms with Crippen LogP contribution in [0.3, 0.4) is 0 Å². The molecule has 0 amide bonds. The molecule has 0 aliphatic heterocycles. The summed E-state index contributed by atoms with van der Waals surface area (Å²) >= 11 is 0. The zero-order valence-electron chi connectivity index (χ0n) is 11.0. The molecule has 1 fully saturated rings. The second-order valence-electron chi connectivity index (χ2n) is 6.70. The van der Waals surface area contributed by atoms with Crippen molar-refractivity contribution in [2.45, 2.75) is 53.4 Å². The molecule has 16 heavy (non-hydrogen) atoms. The third-order valence-corrected chi connectivity index (χ3v) is 5.27. The van der Waals surface area contributed by atoms with Crippen LogP contribution in [0.5, 0.6) is 0 Å². The molecule has 3 atom stereocenters. The molecule has 0 aromatic carbocycles. The van der Waals surface area contributed by atoms with Crippen LogP contribution in [0.25, 0.3) is 0 Å². The smallest absolute Gasteiger partial charge is 0.155 e. The average Bonchev–Trinajstić information content (AvgIpc) is 2.18. The minimum Gasteiger partial charge on any atom is -0.295 e. The topological polar surface area (TPSA) is 17.1 Å². The molecule has 0 spiro atoms. The van der Waals surface area contributed by atoms with E-state index in [0.717, 1.165) is 18.3 Å². The number of fused-ring (bicyclic) bond motifs is 1. The molecule has 2 aliphatic carbocycles. The van der Waals surface area contributed by atoms with Gasteiger partial charge in [0.05, 0.1) is 0 Å². The SMILES string of the molecule is CC(C)[C@H]1CC[C@@]2(C)C=CC(=O)C[C@@]2(C)C1. The Balaban J connectivity index is 2.27. The van der Waals surface area contributed by atoms with E-state index in [1.165, 1.54) is 19.3 Å². The van der Waals surface area contributed by atoms with Crippen LogP contribution >= 0.6 is 0 Å². The number of hydrogen-bond donors (Lipinski definition) is 0. The van der Waals surface area contributed by atoms with Crippen LogP contribution in [-0.4, -0.2) is 5.78 Å². The van der Waals surface area contributed by atoms with Crippen molar-refractivity contribution in [1.29, 1.82) is 0 Å². The van der Waals surface area contributed by atoms with E-state index in [9.17, 15) is 4.79 Å². The van der Waals surface area contributed by atoms with Crippen LogP contribution < -0.4 is 0 Å². The molecule has 0 saturated heterocycles. The highest BCUT2D eigenvalue weighted by Crippen LogP contribution is 2.57. The minimum atomic E-state index is 0.200. The first-order chi connectivity index (χ1) is 7.36. The van der Waals surface area contributed by atoms with Gasteiger partial charge in [-0.2, -0.15) is 0 Å². The third-order valence-electron chi connectivity index (χ3n) is 5.27. The molecule has 2 aliphatic rings. The summed E-state index contributed by atoms with van der Waals surface area (Å²) in [6.07, 6.45) is 8.55. The molecule has 2 rings (SSSR count). The van der Waals surface area contributed by atoms with Gasteiger partial charge in [0.25, 0.3) is 0 Å². The first-order valence-electron chi connectivity index (χ1n) is 6.58. The van der Waals surface area contributed by atoms with Gasteiger partial charge in [-0.05, 0) is 48.0 Å².